The largest absolute Gasteiger partial charge is 0.478 e. The minimum atomic E-state index is 0.0122. The SMILES string of the molecule is CCOc1nc2c(c(C)nn2-c2ccccc2)c(C)c1CCC(=O)NCc1ccc(CC)cc1. The van der Waals surface area contributed by atoms with E-state index in [-0.39, 0.29) is 5.91 Å². The molecule has 4 rings (SSSR count). The fourth-order valence-electron chi connectivity index (χ4n) is 4.25. The molecule has 34 heavy (non-hydrogen) atoms. The maximum absolute atomic E-state index is 12.6. The van der Waals surface area contributed by atoms with Crippen LogP contribution < -0.4 is 10.1 Å². The van der Waals surface area contributed by atoms with Crippen molar-refractivity contribution in [3.8, 4) is 11.6 Å². The van der Waals surface area contributed by atoms with Gasteiger partial charge in [0.25, 0.3) is 0 Å². The Bertz CT molecular complexity index is 1280. The van der Waals surface area contributed by atoms with Gasteiger partial charge in [-0.25, -0.2) is 4.68 Å². The number of aryl methyl sites for hydroxylation is 3. The van der Waals surface area contributed by atoms with Crippen LogP contribution in [0.2, 0.25) is 0 Å². The highest BCUT2D eigenvalue weighted by atomic mass is 16.5. The highest BCUT2D eigenvalue weighted by Gasteiger charge is 2.20. The van der Waals surface area contributed by atoms with Crippen LogP contribution in [0.1, 0.15) is 48.2 Å². The second-order valence-electron chi connectivity index (χ2n) is 8.43. The summed E-state index contributed by atoms with van der Waals surface area (Å²) in [5.74, 6) is 0.589. The number of nitrogens with one attached hydrogen (secondary N) is 1. The zero-order chi connectivity index (χ0) is 24.1. The number of fused-ring (bicyclic) bond motifs is 1. The molecule has 2 heterocycles. The quantitative estimate of drug-likeness (QED) is 0.374. The number of para-hydroxylation sites is 1. The van der Waals surface area contributed by atoms with Crippen LogP contribution in [0.15, 0.2) is 54.6 Å². The van der Waals surface area contributed by atoms with Crippen molar-refractivity contribution in [2.45, 2.75) is 53.5 Å². The standard InChI is InChI=1S/C28H32N4O2/c1-5-21-12-14-22(15-13-21)18-29-25(33)17-16-24-19(3)26-20(4)31-32(23-10-8-7-9-11-23)27(26)30-28(24)34-6-2/h7-15H,5-6,16-18H2,1-4H3,(H,29,33). The van der Waals surface area contributed by atoms with E-state index >= 15 is 0 Å². The van der Waals surface area contributed by atoms with Gasteiger partial charge in [0.15, 0.2) is 5.65 Å². The van der Waals surface area contributed by atoms with E-state index < -0.39 is 0 Å². The van der Waals surface area contributed by atoms with E-state index in [1.54, 1.807) is 0 Å². The molecular formula is C28H32N4O2. The lowest BCUT2D eigenvalue weighted by Gasteiger charge is -2.14. The number of pyridine rings is 1. The third-order valence-corrected chi connectivity index (χ3v) is 6.13. The van der Waals surface area contributed by atoms with E-state index in [1.165, 1.54) is 5.56 Å². The predicted molar refractivity (Wildman–Crippen MR) is 135 cm³/mol. The molecule has 6 nitrogen and oxygen atoms in total. The Balaban J connectivity index is 1.55. The van der Waals surface area contributed by atoms with Crippen LogP contribution in [-0.4, -0.2) is 27.3 Å². The lowest BCUT2D eigenvalue weighted by atomic mass is 10.0. The van der Waals surface area contributed by atoms with Crippen molar-refractivity contribution in [1.29, 1.82) is 0 Å². The van der Waals surface area contributed by atoms with Gasteiger partial charge in [-0.2, -0.15) is 10.1 Å². The number of nitrogens with zero attached hydrogens (tertiary/aromatic N) is 3. The molecule has 0 aliphatic heterocycles. The Morgan fingerprint density at radius 3 is 2.38 bits per heavy atom. The van der Waals surface area contributed by atoms with Gasteiger partial charge in [0, 0.05) is 23.9 Å². The van der Waals surface area contributed by atoms with Crippen LogP contribution in [0.4, 0.5) is 0 Å². The van der Waals surface area contributed by atoms with E-state index in [2.05, 4.69) is 43.4 Å². The molecule has 1 N–H and O–H groups in total. The number of hydrogen-bond acceptors (Lipinski definition) is 4. The summed E-state index contributed by atoms with van der Waals surface area (Å²) in [5.41, 5.74) is 7.06. The Kier molecular flexibility index (Phi) is 7.26. The maximum atomic E-state index is 12.6. The molecule has 0 atom stereocenters. The van der Waals surface area contributed by atoms with Gasteiger partial charge in [-0.3, -0.25) is 4.79 Å². The third kappa shape index (κ3) is 4.96. The van der Waals surface area contributed by atoms with Crippen molar-refractivity contribution >= 4 is 16.9 Å². The van der Waals surface area contributed by atoms with E-state index in [1.807, 2.05) is 48.9 Å². The summed E-state index contributed by atoms with van der Waals surface area (Å²) in [6, 6.07) is 18.3. The van der Waals surface area contributed by atoms with Gasteiger partial charge in [0.2, 0.25) is 11.8 Å². The predicted octanol–water partition coefficient (Wildman–Crippen LogP) is 5.25. The van der Waals surface area contributed by atoms with Crippen LogP contribution in [-0.2, 0) is 24.2 Å². The fourth-order valence-corrected chi connectivity index (χ4v) is 4.25. The summed E-state index contributed by atoms with van der Waals surface area (Å²) in [7, 11) is 0. The van der Waals surface area contributed by atoms with Gasteiger partial charge in [-0.05, 0) is 62.4 Å². The normalized spacial score (nSPS) is 11.1. The molecule has 0 aliphatic carbocycles. The molecule has 0 radical (unpaired) electrons. The molecule has 0 saturated carbocycles. The van der Waals surface area contributed by atoms with Crippen molar-refractivity contribution in [3.63, 3.8) is 0 Å². The van der Waals surface area contributed by atoms with Crippen molar-refractivity contribution in [2.24, 2.45) is 0 Å². The second-order valence-corrected chi connectivity index (χ2v) is 8.43. The Morgan fingerprint density at radius 2 is 1.71 bits per heavy atom. The molecular weight excluding hydrogens is 424 g/mol. The third-order valence-electron chi connectivity index (χ3n) is 6.13. The molecule has 0 saturated heterocycles. The van der Waals surface area contributed by atoms with Crippen molar-refractivity contribution in [3.05, 3.63) is 82.5 Å². The van der Waals surface area contributed by atoms with Crippen LogP contribution in [0.3, 0.4) is 0 Å². The average Bonchev–Trinajstić information content (AvgIpc) is 3.19. The minimum Gasteiger partial charge on any atom is -0.478 e. The first-order chi connectivity index (χ1) is 16.5. The lowest BCUT2D eigenvalue weighted by molar-refractivity contribution is -0.121. The van der Waals surface area contributed by atoms with Gasteiger partial charge >= 0.3 is 0 Å². The lowest BCUT2D eigenvalue weighted by Crippen LogP contribution is -2.23. The fraction of sp³-hybridized carbons (Fsp3) is 0.321. The summed E-state index contributed by atoms with van der Waals surface area (Å²) >= 11 is 0. The molecule has 0 spiro atoms. The van der Waals surface area contributed by atoms with E-state index in [4.69, 9.17) is 14.8 Å². The highest BCUT2D eigenvalue weighted by Crippen LogP contribution is 2.32. The molecule has 0 fully saturated rings. The summed E-state index contributed by atoms with van der Waals surface area (Å²) in [4.78, 5) is 17.5. The summed E-state index contributed by atoms with van der Waals surface area (Å²) in [6.07, 6.45) is 1.93. The molecule has 4 aromatic rings. The van der Waals surface area contributed by atoms with Gasteiger partial charge in [0.1, 0.15) is 0 Å². The molecule has 2 aromatic heterocycles. The van der Waals surface area contributed by atoms with E-state index in [0.29, 0.717) is 31.9 Å². The molecule has 2 aromatic carbocycles. The number of carbonyl (C=O) groups is 1. The molecule has 1 amide bonds. The number of hydrogen-bond donors (Lipinski definition) is 1. The van der Waals surface area contributed by atoms with Crippen LogP contribution in [0.25, 0.3) is 16.7 Å². The number of aromatic nitrogens is 3. The Hall–Kier alpha value is -3.67. The second kappa shape index (κ2) is 10.5. The summed E-state index contributed by atoms with van der Waals surface area (Å²) in [6.45, 7) is 9.18. The molecule has 176 valence electrons. The monoisotopic (exact) mass is 456 g/mol. The zero-order valence-corrected chi connectivity index (χ0v) is 20.4. The first-order valence-electron chi connectivity index (χ1n) is 11.9. The van der Waals surface area contributed by atoms with Gasteiger partial charge in [-0.1, -0.05) is 49.4 Å². The number of carbonyl (C=O) groups excluding carboxylic acids is 1. The number of rotatable bonds is 9. The van der Waals surface area contributed by atoms with E-state index in [0.717, 1.165) is 45.5 Å². The molecule has 6 heteroatoms. The molecule has 0 unspecified atom stereocenters. The number of benzene rings is 2. The smallest absolute Gasteiger partial charge is 0.220 e. The van der Waals surface area contributed by atoms with Crippen LogP contribution in [0, 0.1) is 13.8 Å². The first kappa shape index (κ1) is 23.5. The average molecular weight is 457 g/mol. The summed E-state index contributed by atoms with van der Waals surface area (Å²) < 4.78 is 7.79. The van der Waals surface area contributed by atoms with Gasteiger partial charge < -0.3 is 10.1 Å². The zero-order valence-electron chi connectivity index (χ0n) is 20.4. The number of amides is 1. The number of ether oxygens (including phenoxy) is 1. The van der Waals surface area contributed by atoms with Crippen molar-refractivity contribution in [2.75, 3.05) is 6.61 Å². The Labute approximate surface area is 201 Å². The maximum Gasteiger partial charge on any atom is 0.220 e. The Morgan fingerprint density at radius 1 is 1.00 bits per heavy atom. The highest BCUT2D eigenvalue weighted by molar-refractivity contribution is 5.86. The van der Waals surface area contributed by atoms with Crippen molar-refractivity contribution < 1.29 is 9.53 Å². The van der Waals surface area contributed by atoms with Gasteiger partial charge in [0.05, 0.1) is 18.0 Å². The van der Waals surface area contributed by atoms with Crippen molar-refractivity contribution in [1.82, 2.24) is 20.1 Å². The molecule has 0 bridgehead atoms. The van der Waals surface area contributed by atoms with Crippen LogP contribution >= 0.6 is 0 Å². The topological polar surface area (TPSA) is 69.0 Å². The molecule has 0 aliphatic rings. The minimum absolute atomic E-state index is 0.0122. The van der Waals surface area contributed by atoms with Gasteiger partial charge in [-0.15, -0.1) is 0 Å². The first-order valence-corrected chi connectivity index (χ1v) is 11.9. The van der Waals surface area contributed by atoms with E-state index in [9.17, 15) is 4.79 Å². The van der Waals surface area contributed by atoms with Crippen LogP contribution in [0.5, 0.6) is 5.88 Å². The summed E-state index contributed by atoms with van der Waals surface area (Å²) in [5, 5.41) is 8.80.